The zero-order valence-corrected chi connectivity index (χ0v) is 14.7. The molecule has 2 aromatic rings. The molecule has 0 aromatic heterocycles. The Morgan fingerprint density at radius 3 is 2.42 bits per heavy atom. The van der Waals surface area contributed by atoms with E-state index in [1.54, 1.807) is 36.4 Å². The van der Waals surface area contributed by atoms with E-state index in [4.69, 9.17) is 27.9 Å². The Morgan fingerprint density at radius 2 is 1.79 bits per heavy atom. The summed E-state index contributed by atoms with van der Waals surface area (Å²) in [7, 11) is 1.50. The highest BCUT2D eigenvalue weighted by molar-refractivity contribution is 6.42. The lowest BCUT2D eigenvalue weighted by Gasteiger charge is -2.12. The molecular formula is C17H16Cl2N2O3. The number of ether oxygens (including phenoxy) is 1. The molecule has 0 spiro atoms. The summed E-state index contributed by atoms with van der Waals surface area (Å²) in [6.45, 7) is 1.40. The van der Waals surface area contributed by atoms with Gasteiger partial charge in [-0.2, -0.15) is 0 Å². The van der Waals surface area contributed by atoms with E-state index in [2.05, 4.69) is 10.6 Å². The zero-order valence-electron chi connectivity index (χ0n) is 13.2. The summed E-state index contributed by atoms with van der Waals surface area (Å²) in [4.78, 5) is 23.4. The molecule has 7 heteroatoms. The van der Waals surface area contributed by atoms with Crippen LogP contribution in [0.3, 0.4) is 0 Å². The molecule has 0 aliphatic rings. The maximum absolute atomic E-state index is 12.2. The van der Waals surface area contributed by atoms with E-state index in [0.29, 0.717) is 27.2 Å². The van der Waals surface area contributed by atoms with Crippen molar-refractivity contribution < 1.29 is 14.3 Å². The Kier molecular flexibility index (Phi) is 6.06. The van der Waals surface area contributed by atoms with Crippen molar-refractivity contribution in [3.63, 3.8) is 0 Å². The summed E-state index contributed by atoms with van der Waals surface area (Å²) in [6.07, 6.45) is 0.151. The number of hydrogen-bond donors (Lipinski definition) is 2. The minimum atomic E-state index is -0.229. The van der Waals surface area contributed by atoms with Crippen LogP contribution in [0, 0.1) is 0 Å². The molecular weight excluding hydrogens is 351 g/mol. The molecule has 0 aliphatic carbocycles. The van der Waals surface area contributed by atoms with Gasteiger partial charge in [0.15, 0.2) is 0 Å². The van der Waals surface area contributed by atoms with Gasteiger partial charge in [-0.25, -0.2) is 0 Å². The predicted octanol–water partition coefficient (Wildman–Crippen LogP) is 4.14. The van der Waals surface area contributed by atoms with Crippen molar-refractivity contribution in [2.45, 2.75) is 13.3 Å². The lowest BCUT2D eigenvalue weighted by atomic mass is 10.1. The highest BCUT2D eigenvalue weighted by Crippen LogP contribution is 2.28. The number of rotatable bonds is 5. The molecule has 0 radical (unpaired) electrons. The van der Waals surface area contributed by atoms with Crippen LogP contribution < -0.4 is 15.4 Å². The third-order valence-corrected chi connectivity index (χ3v) is 3.88. The first-order chi connectivity index (χ1) is 11.4. The lowest BCUT2D eigenvalue weighted by molar-refractivity contribution is -0.115. The summed E-state index contributed by atoms with van der Waals surface area (Å²) < 4.78 is 5.17. The fourth-order valence-corrected chi connectivity index (χ4v) is 2.43. The number of carbonyl (C=O) groups is 2. The van der Waals surface area contributed by atoms with Crippen molar-refractivity contribution in [2.75, 3.05) is 17.7 Å². The van der Waals surface area contributed by atoms with E-state index in [0.717, 1.165) is 5.56 Å². The van der Waals surface area contributed by atoms with E-state index in [-0.39, 0.29) is 18.2 Å². The quantitative estimate of drug-likeness (QED) is 0.835. The monoisotopic (exact) mass is 366 g/mol. The Labute approximate surface area is 149 Å². The van der Waals surface area contributed by atoms with Crippen LogP contribution in [0.1, 0.15) is 12.5 Å². The third kappa shape index (κ3) is 4.88. The van der Waals surface area contributed by atoms with Crippen LogP contribution in [0.4, 0.5) is 11.4 Å². The summed E-state index contributed by atoms with van der Waals surface area (Å²) in [6, 6.07) is 10.0. The molecule has 0 saturated heterocycles. The van der Waals surface area contributed by atoms with Crippen molar-refractivity contribution in [3.8, 4) is 5.75 Å². The van der Waals surface area contributed by atoms with Crippen LogP contribution in [-0.2, 0) is 16.0 Å². The van der Waals surface area contributed by atoms with Crippen LogP contribution in [0.15, 0.2) is 36.4 Å². The van der Waals surface area contributed by atoms with E-state index in [1.807, 2.05) is 0 Å². The molecule has 0 saturated carbocycles. The Balaban J connectivity index is 2.10. The summed E-state index contributed by atoms with van der Waals surface area (Å²) in [5.41, 5.74) is 1.78. The minimum Gasteiger partial charge on any atom is -0.495 e. The molecule has 2 N–H and O–H groups in total. The SMILES string of the molecule is COc1ccc(NC(=O)Cc2ccc(Cl)c(Cl)c2)cc1NC(C)=O. The number of methoxy groups -OCH3 is 1. The summed E-state index contributed by atoms with van der Waals surface area (Å²) >= 11 is 11.8. The smallest absolute Gasteiger partial charge is 0.228 e. The van der Waals surface area contributed by atoms with Crippen LogP contribution >= 0.6 is 23.2 Å². The number of hydrogen-bond acceptors (Lipinski definition) is 3. The van der Waals surface area contributed by atoms with Gasteiger partial charge in [0.1, 0.15) is 5.75 Å². The van der Waals surface area contributed by atoms with E-state index >= 15 is 0 Å². The lowest BCUT2D eigenvalue weighted by Crippen LogP contribution is -2.15. The second-order valence-electron chi connectivity index (χ2n) is 5.07. The Morgan fingerprint density at radius 1 is 1.04 bits per heavy atom. The van der Waals surface area contributed by atoms with Crippen molar-refractivity contribution in [3.05, 3.63) is 52.0 Å². The average Bonchev–Trinajstić information content (AvgIpc) is 2.50. The van der Waals surface area contributed by atoms with Gasteiger partial charge < -0.3 is 15.4 Å². The van der Waals surface area contributed by atoms with E-state index in [1.165, 1.54) is 14.0 Å². The first-order valence-corrected chi connectivity index (χ1v) is 7.84. The maximum atomic E-state index is 12.2. The fraction of sp³-hybridized carbons (Fsp3) is 0.176. The summed E-state index contributed by atoms with van der Waals surface area (Å²) in [5.74, 6) is 0.0626. The summed E-state index contributed by atoms with van der Waals surface area (Å²) in [5, 5.41) is 6.26. The third-order valence-electron chi connectivity index (χ3n) is 3.14. The number of anilines is 2. The highest BCUT2D eigenvalue weighted by Gasteiger charge is 2.10. The number of nitrogens with one attached hydrogen (secondary N) is 2. The Hall–Kier alpha value is -2.24. The van der Waals surface area contributed by atoms with Crippen molar-refractivity contribution in [2.24, 2.45) is 0 Å². The zero-order chi connectivity index (χ0) is 17.7. The topological polar surface area (TPSA) is 67.4 Å². The number of amides is 2. The average molecular weight is 367 g/mol. The molecule has 0 bridgehead atoms. The van der Waals surface area contributed by atoms with Gasteiger partial charge in [-0.1, -0.05) is 29.3 Å². The molecule has 24 heavy (non-hydrogen) atoms. The first kappa shape index (κ1) is 18.1. The van der Waals surface area contributed by atoms with Gasteiger partial charge in [-0.05, 0) is 35.9 Å². The first-order valence-electron chi connectivity index (χ1n) is 7.08. The maximum Gasteiger partial charge on any atom is 0.228 e. The van der Waals surface area contributed by atoms with Crippen LogP contribution in [0.2, 0.25) is 10.0 Å². The second kappa shape index (κ2) is 8.04. The molecule has 2 amide bonds. The molecule has 0 heterocycles. The predicted molar refractivity (Wildman–Crippen MR) is 96.1 cm³/mol. The standard InChI is InChI=1S/C17H16Cl2N2O3/c1-10(22)20-15-9-12(4-6-16(15)24-2)21-17(23)8-11-3-5-13(18)14(19)7-11/h3-7,9H,8H2,1-2H3,(H,20,22)(H,21,23). The molecule has 5 nitrogen and oxygen atoms in total. The van der Waals surface area contributed by atoms with Gasteiger partial charge in [-0.15, -0.1) is 0 Å². The van der Waals surface area contributed by atoms with E-state index < -0.39 is 0 Å². The van der Waals surface area contributed by atoms with Crippen LogP contribution in [0.25, 0.3) is 0 Å². The molecule has 0 fully saturated rings. The van der Waals surface area contributed by atoms with Gasteiger partial charge in [0, 0.05) is 12.6 Å². The van der Waals surface area contributed by atoms with Gasteiger partial charge >= 0.3 is 0 Å². The van der Waals surface area contributed by atoms with Gasteiger partial charge in [0.05, 0.1) is 29.3 Å². The molecule has 0 aliphatic heterocycles. The number of halogens is 2. The van der Waals surface area contributed by atoms with Crippen LogP contribution in [-0.4, -0.2) is 18.9 Å². The van der Waals surface area contributed by atoms with Crippen molar-refractivity contribution in [1.29, 1.82) is 0 Å². The molecule has 0 unspecified atom stereocenters. The van der Waals surface area contributed by atoms with Crippen molar-refractivity contribution >= 4 is 46.4 Å². The minimum absolute atomic E-state index is 0.151. The van der Waals surface area contributed by atoms with Gasteiger partial charge in [0.25, 0.3) is 0 Å². The van der Waals surface area contributed by atoms with Gasteiger partial charge in [-0.3, -0.25) is 9.59 Å². The highest BCUT2D eigenvalue weighted by atomic mass is 35.5. The molecule has 2 aromatic carbocycles. The van der Waals surface area contributed by atoms with E-state index in [9.17, 15) is 9.59 Å². The molecule has 0 atom stereocenters. The number of carbonyl (C=O) groups excluding carboxylic acids is 2. The Bertz CT molecular complexity index is 778. The van der Waals surface area contributed by atoms with Gasteiger partial charge in [0.2, 0.25) is 11.8 Å². The number of benzene rings is 2. The second-order valence-corrected chi connectivity index (χ2v) is 5.88. The molecule has 2 rings (SSSR count). The largest absolute Gasteiger partial charge is 0.495 e. The van der Waals surface area contributed by atoms with Crippen molar-refractivity contribution in [1.82, 2.24) is 0 Å². The van der Waals surface area contributed by atoms with Crippen LogP contribution in [0.5, 0.6) is 5.75 Å². The molecule has 126 valence electrons. The normalized spacial score (nSPS) is 10.2. The fourth-order valence-electron chi connectivity index (χ4n) is 2.11.